The highest BCUT2D eigenvalue weighted by Crippen LogP contribution is 2.13. The van der Waals surface area contributed by atoms with Gasteiger partial charge in [0.05, 0.1) is 0 Å². The van der Waals surface area contributed by atoms with Crippen LogP contribution in [0.3, 0.4) is 0 Å². The molecule has 1 aromatic rings. The lowest BCUT2D eigenvalue weighted by molar-refractivity contribution is -0.121. The van der Waals surface area contributed by atoms with Crippen LogP contribution in [0.15, 0.2) is 24.3 Å². The van der Waals surface area contributed by atoms with Crippen LogP contribution in [0.25, 0.3) is 0 Å². The molecule has 0 saturated heterocycles. The average Bonchev–Trinajstić information content (AvgIpc) is 2.43. The molecular weight excluding hydrogens is 337 g/mol. The SMILES string of the molecule is CC(N)CCC(=O)NCc1cccc(OCCN(C)C)c1.Cl.Cl. The Morgan fingerprint density at radius 2 is 2.04 bits per heavy atom. The van der Waals surface area contributed by atoms with Gasteiger partial charge in [0.15, 0.2) is 0 Å². The van der Waals surface area contributed by atoms with Crippen LogP contribution in [0.4, 0.5) is 0 Å². The zero-order valence-electron chi connectivity index (χ0n) is 14.1. The smallest absolute Gasteiger partial charge is 0.220 e. The maximum atomic E-state index is 11.6. The number of nitrogens with two attached hydrogens (primary N) is 1. The fourth-order valence-corrected chi connectivity index (χ4v) is 1.74. The summed E-state index contributed by atoms with van der Waals surface area (Å²) in [6.07, 6.45) is 1.18. The van der Waals surface area contributed by atoms with Gasteiger partial charge in [-0.2, -0.15) is 0 Å². The second kappa shape index (κ2) is 13.4. The highest BCUT2D eigenvalue weighted by atomic mass is 35.5. The van der Waals surface area contributed by atoms with Crippen molar-refractivity contribution in [3.63, 3.8) is 0 Å². The van der Waals surface area contributed by atoms with E-state index in [0.717, 1.165) is 17.9 Å². The van der Waals surface area contributed by atoms with Gasteiger partial charge in [0, 0.05) is 25.6 Å². The summed E-state index contributed by atoms with van der Waals surface area (Å²) in [5.74, 6) is 0.866. The Kier molecular flexibility index (Phi) is 14.2. The number of hydrogen-bond donors (Lipinski definition) is 2. The van der Waals surface area contributed by atoms with Crippen LogP contribution in [0.1, 0.15) is 25.3 Å². The van der Waals surface area contributed by atoms with E-state index >= 15 is 0 Å². The summed E-state index contributed by atoms with van der Waals surface area (Å²) < 4.78 is 5.67. The van der Waals surface area contributed by atoms with Gasteiger partial charge in [-0.3, -0.25) is 4.79 Å². The topological polar surface area (TPSA) is 67.6 Å². The molecule has 1 amide bonds. The Bertz CT molecular complexity index is 443. The summed E-state index contributed by atoms with van der Waals surface area (Å²) in [6.45, 7) is 3.94. The molecule has 23 heavy (non-hydrogen) atoms. The monoisotopic (exact) mass is 365 g/mol. The number of benzene rings is 1. The molecule has 0 saturated carbocycles. The summed E-state index contributed by atoms with van der Waals surface area (Å²) in [6, 6.07) is 7.86. The van der Waals surface area contributed by atoms with Crippen LogP contribution in [0, 0.1) is 0 Å². The van der Waals surface area contributed by atoms with Crippen molar-refractivity contribution in [2.75, 3.05) is 27.2 Å². The normalized spacial score (nSPS) is 11.2. The number of halogens is 2. The fourth-order valence-electron chi connectivity index (χ4n) is 1.74. The van der Waals surface area contributed by atoms with E-state index in [1.807, 2.05) is 45.3 Å². The predicted molar refractivity (Wildman–Crippen MR) is 99.7 cm³/mol. The number of hydrogen-bond acceptors (Lipinski definition) is 4. The third kappa shape index (κ3) is 12.1. The first-order valence-corrected chi connectivity index (χ1v) is 7.36. The Balaban J connectivity index is 0. The fraction of sp³-hybridized carbons (Fsp3) is 0.562. The van der Waals surface area contributed by atoms with Gasteiger partial charge in [0.25, 0.3) is 0 Å². The van der Waals surface area contributed by atoms with Gasteiger partial charge < -0.3 is 20.7 Å². The third-order valence-corrected chi connectivity index (χ3v) is 3.02. The molecule has 0 bridgehead atoms. The van der Waals surface area contributed by atoms with E-state index in [4.69, 9.17) is 10.5 Å². The summed E-state index contributed by atoms with van der Waals surface area (Å²) in [5, 5.41) is 2.90. The molecule has 3 N–H and O–H groups in total. The van der Waals surface area contributed by atoms with Crippen molar-refractivity contribution in [3.8, 4) is 5.75 Å². The Hall–Kier alpha value is -1.01. The molecule has 134 valence electrons. The lowest BCUT2D eigenvalue weighted by Gasteiger charge is -2.12. The lowest BCUT2D eigenvalue weighted by atomic mass is 10.2. The zero-order chi connectivity index (χ0) is 15.7. The van der Waals surface area contributed by atoms with Crippen molar-refractivity contribution in [2.45, 2.75) is 32.4 Å². The molecule has 1 atom stereocenters. The summed E-state index contributed by atoms with van der Waals surface area (Å²) in [4.78, 5) is 13.7. The minimum atomic E-state index is 0. The molecule has 0 aromatic heterocycles. The van der Waals surface area contributed by atoms with Gasteiger partial charge in [-0.25, -0.2) is 0 Å². The number of carbonyl (C=O) groups excluding carboxylic acids is 1. The minimum absolute atomic E-state index is 0. The van der Waals surface area contributed by atoms with Crippen LogP contribution in [0.5, 0.6) is 5.75 Å². The zero-order valence-corrected chi connectivity index (χ0v) is 15.7. The molecule has 1 rings (SSSR count). The predicted octanol–water partition coefficient (Wildman–Crippen LogP) is 2.21. The molecule has 1 aromatic carbocycles. The van der Waals surface area contributed by atoms with E-state index in [9.17, 15) is 4.79 Å². The highest BCUT2D eigenvalue weighted by Gasteiger charge is 2.04. The first-order chi connectivity index (χ1) is 9.97. The van der Waals surface area contributed by atoms with Crippen molar-refractivity contribution < 1.29 is 9.53 Å². The molecule has 7 heteroatoms. The molecule has 1 unspecified atom stereocenters. The van der Waals surface area contributed by atoms with Gasteiger partial charge in [-0.05, 0) is 45.1 Å². The van der Waals surface area contributed by atoms with Crippen LogP contribution in [-0.4, -0.2) is 44.1 Å². The van der Waals surface area contributed by atoms with E-state index in [2.05, 4.69) is 10.2 Å². The molecule has 0 aliphatic rings. The molecule has 5 nitrogen and oxygen atoms in total. The average molecular weight is 366 g/mol. The molecule has 0 radical (unpaired) electrons. The van der Waals surface area contributed by atoms with E-state index in [1.165, 1.54) is 0 Å². The molecule has 0 aliphatic carbocycles. The van der Waals surface area contributed by atoms with Crippen molar-refractivity contribution in [1.29, 1.82) is 0 Å². The summed E-state index contributed by atoms with van der Waals surface area (Å²) in [5.41, 5.74) is 6.67. The van der Waals surface area contributed by atoms with Gasteiger partial charge in [0.2, 0.25) is 5.91 Å². The Labute approximate surface area is 151 Å². The summed E-state index contributed by atoms with van der Waals surface area (Å²) in [7, 11) is 4.02. The van der Waals surface area contributed by atoms with Gasteiger partial charge in [0.1, 0.15) is 12.4 Å². The van der Waals surface area contributed by atoms with E-state index < -0.39 is 0 Å². The quantitative estimate of drug-likeness (QED) is 0.703. The number of amides is 1. The maximum absolute atomic E-state index is 11.6. The minimum Gasteiger partial charge on any atom is -0.492 e. The lowest BCUT2D eigenvalue weighted by Crippen LogP contribution is -2.25. The molecule has 0 heterocycles. The first-order valence-electron chi connectivity index (χ1n) is 7.36. The third-order valence-electron chi connectivity index (χ3n) is 3.02. The van der Waals surface area contributed by atoms with Crippen LogP contribution >= 0.6 is 24.8 Å². The Morgan fingerprint density at radius 3 is 2.65 bits per heavy atom. The Morgan fingerprint density at radius 1 is 1.35 bits per heavy atom. The molecule has 0 spiro atoms. The second-order valence-corrected chi connectivity index (χ2v) is 5.59. The van der Waals surface area contributed by atoms with Crippen molar-refractivity contribution >= 4 is 30.7 Å². The molecule has 0 aliphatic heterocycles. The second-order valence-electron chi connectivity index (χ2n) is 5.59. The van der Waals surface area contributed by atoms with E-state index in [1.54, 1.807) is 0 Å². The number of carbonyl (C=O) groups is 1. The van der Waals surface area contributed by atoms with Crippen molar-refractivity contribution in [2.24, 2.45) is 5.73 Å². The number of likely N-dealkylation sites (N-methyl/N-ethyl adjacent to an activating group) is 1. The van der Waals surface area contributed by atoms with E-state index in [-0.39, 0.29) is 36.8 Å². The van der Waals surface area contributed by atoms with Crippen LogP contribution < -0.4 is 15.8 Å². The van der Waals surface area contributed by atoms with Crippen LogP contribution in [0.2, 0.25) is 0 Å². The maximum Gasteiger partial charge on any atom is 0.220 e. The largest absolute Gasteiger partial charge is 0.492 e. The molecule has 0 fully saturated rings. The van der Waals surface area contributed by atoms with E-state index in [0.29, 0.717) is 26.0 Å². The number of ether oxygens (including phenoxy) is 1. The number of nitrogens with zero attached hydrogens (tertiary/aromatic N) is 1. The van der Waals surface area contributed by atoms with Gasteiger partial charge in [-0.1, -0.05) is 12.1 Å². The van der Waals surface area contributed by atoms with Crippen LogP contribution in [-0.2, 0) is 11.3 Å². The molecular formula is C16H29Cl2N3O2. The number of nitrogens with one attached hydrogen (secondary N) is 1. The van der Waals surface area contributed by atoms with Gasteiger partial charge >= 0.3 is 0 Å². The number of rotatable bonds is 9. The van der Waals surface area contributed by atoms with Crippen molar-refractivity contribution in [3.05, 3.63) is 29.8 Å². The summed E-state index contributed by atoms with van der Waals surface area (Å²) >= 11 is 0. The standard InChI is InChI=1S/C16H27N3O2.2ClH/c1-13(17)7-8-16(20)18-12-14-5-4-6-15(11-14)21-10-9-19(2)3;;/h4-6,11,13H,7-10,12,17H2,1-3H3,(H,18,20);2*1H. The van der Waals surface area contributed by atoms with Gasteiger partial charge in [-0.15, -0.1) is 24.8 Å². The first kappa shape index (κ1) is 24.2. The highest BCUT2D eigenvalue weighted by molar-refractivity contribution is 5.85. The van der Waals surface area contributed by atoms with Crippen molar-refractivity contribution in [1.82, 2.24) is 10.2 Å².